The molecule has 0 bridgehead atoms. The predicted octanol–water partition coefficient (Wildman–Crippen LogP) is 4.18. The fourth-order valence-corrected chi connectivity index (χ4v) is 3.75. The number of para-hydroxylation sites is 1. The number of aliphatic hydroxyl groups excluding tert-OH is 1. The van der Waals surface area contributed by atoms with E-state index < -0.39 is 0 Å². The van der Waals surface area contributed by atoms with Crippen molar-refractivity contribution in [3.63, 3.8) is 0 Å². The van der Waals surface area contributed by atoms with Crippen molar-refractivity contribution >= 4 is 16.8 Å². The summed E-state index contributed by atoms with van der Waals surface area (Å²) < 4.78 is 2.07. The number of aromatic nitrogens is 1. The number of nitrogens with one attached hydrogen (secondary N) is 1. The van der Waals surface area contributed by atoms with Crippen LogP contribution in [0, 0.1) is 0 Å². The van der Waals surface area contributed by atoms with Gasteiger partial charge in [0.25, 0.3) is 5.91 Å². The third kappa shape index (κ3) is 4.08. The van der Waals surface area contributed by atoms with Crippen molar-refractivity contribution in [2.24, 2.45) is 7.05 Å². The fraction of sp³-hybridized carbons (Fsp3) is 0.160. The molecule has 0 fully saturated rings. The molecule has 0 radical (unpaired) electrons. The van der Waals surface area contributed by atoms with Crippen LogP contribution in [0.1, 0.15) is 15.9 Å². The molecule has 3 aromatic carbocycles. The lowest BCUT2D eigenvalue weighted by atomic mass is 10.0. The normalized spacial score (nSPS) is 12.1. The van der Waals surface area contributed by atoms with Crippen LogP contribution in [-0.2, 0) is 13.5 Å². The van der Waals surface area contributed by atoms with Crippen LogP contribution >= 0.6 is 0 Å². The number of hydrogen-bond acceptors (Lipinski definition) is 2. The van der Waals surface area contributed by atoms with E-state index in [-0.39, 0.29) is 18.6 Å². The second kappa shape index (κ2) is 8.33. The Morgan fingerprint density at radius 3 is 2.48 bits per heavy atom. The Balaban J connectivity index is 1.52. The standard InChI is InChI=1S/C25H24N2O2/c1-27-16-21(23-12-5-6-13-24(23)27)15-22(17-28)26-25(29)20-11-7-10-19(14-20)18-8-3-2-4-9-18/h2-14,16,22,28H,15,17H2,1H3,(H,26,29)/t22-/m1/s1. The van der Waals surface area contributed by atoms with Gasteiger partial charge in [-0.05, 0) is 41.3 Å². The molecule has 2 N–H and O–H groups in total. The lowest BCUT2D eigenvalue weighted by Gasteiger charge is -2.16. The highest BCUT2D eigenvalue weighted by Crippen LogP contribution is 2.22. The van der Waals surface area contributed by atoms with Gasteiger partial charge in [0.05, 0.1) is 12.6 Å². The second-order valence-electron chi connectivity index (χ2n) is 7.29. The molecule has 1 amide bonds. The molecule has 146 valence electrons. The monoisotopic (exact) mass is 384 g/mol. The minimum atomic E-state index is -0.353. The summed E-state index contributed by atoms with van der Waals surface area (Å²) in [5.74, 6) is -0.179. The largest absolute Gasteiger partial charge is 0.394 e. The summed E-state index contributed by atoms with van der Waals surface area (Å²) >= 11 is 0. The molecule has 0 aliphatic rings. The van der Waals surface area contributed by atoms with Crippen LogP contribution < -0.4 is 5.32 Å². The van der Waals surface area contributed by atoms with Crippen LogP contribution in [0.4, 0.5) is 0 Å². The Morgan fingerprint density at radius 2 is 1.69 bits per heavy atom. The first-order chi connectivity index (χ1) is 14.2. The van der Waals surface area contributed by atoms with Gasteiger partial charge >= 0.3 is 0 Å². The summed E-state index contributed by atoms with van der Waals surface area (Å²) in [5, 5.41) is 14.0. The average Bonchev–Trinajstić information content (AvgIpc) is 3.09. The number of amides is 1. The summed E-state index contributed by atoms with van der Waals surface area (Å²) in [6.07, 6.45) is 2.64. The van der Waals surface area contributed by atoms with Gasteiger partial charge in [-0.15, -0.1) is 0 Å². The third-order valence-corrected chi connectivity index (χ3v) is 5.23. The number of carbonyl (C=O) groups is 1. The third-order valence-electron chi connectivity index (χ3n) is 5.23. The molecule has 1 atom stereocenters. The van der Waals surface area contributed by atoms with E-state index in [1.807, 2.05) is 67.7 Å². The molecular formula is C25H24N2O2. The zero-order valence-corrected chi connectivity index (χ0v) is 16.4. The van der Waals surface area contributed by atoms with Crippen molar-refractivity contribution < 1.29 is 9.90 Å². The van der Waals surface area contributed by atoms with Gasteiger partial charge in [0.1, 0.15) is 0 Å². The smallest absolute Gasteiger partial charge is 0.251 e. The molecule has 0 unspecified atom stereocenters. The maximum Gasteiger partial charge on any atom is 0.251 e. The number of aryl methyl sites for hydroxylation is 1. The number of fused-ring (bicyclic) bond motifs is 1. The first-order valence-electron chi connectivity index (χ1n) is 9.76. The van der Waals surface area contributed by atoms with Crippen LogP contribution in [0.25, 0.3) is 22.0 Å². The van der Waals surface area contributed by atoms with Crippen molar-refractivity contribution in [3.05, 3.63) is 96.2 Å². The Bertz CT molecular complexity index is 1130. The molecule has 4 aromatic rings. The van der Waals surface area contributed by atoms with Crippen molar-refractivity contribution in [1.29, 1.82) is 0 Å². The van der Waals surface area contributed by atoms with Gasteiger partial charge in [-0.1, -0.05) is 60.7 Å². The molecule has 4 heteroatoms. The zero-order valence-electron chi connectivity index (χ0n) is 16.4. The van der Waals surface area contributed by atoms with E-state index in [2.05, 4.69) is 28.2 Å². The van der Waals surface area contributed by atoms with Gasteiger partial charge in [0, 0.05) is 29.7 Å². The number of benzene rings is 3. The van der Waals surface area contributed by atoms with E-state index in [1.54, 1.807) is 6.07 Å². The average molecular weight is 384 g/mol. The van der Waals surface area contributed by atoms with E-state index in [0.717, 1.165) is 27.6 Å². The summed E-state index contributed by atoms with van der Waals surface area (Å²) in [6.45, 7) is -0.118. The van der Waals surface area contributed by atoms with Gasteiger partial charge in [0.2, 0.25) is 0 Å². The number of rotatable bonds is 6. The van der Waals surface area contributed by atoms with E-state index in [0.29, 0.717) is 12.0 Å². The van der Waals surface area contributed by atoms with E-state index in [9.17, 15) is 9.90 Å². The Hall–Kier alpha value is -3.37. The van der Waals surface area contributed by atoms with Gasteiger partial charge in [-0.25, -0.2) is 0 Å². The highest BCUT2D eigenvalue weighted by atomic mass is 16.3. The molecule has 0 aliphatic carbocycles. The highest BCUT2D eigenvalue weighted by molar-refractivity contribution is 5.95. The molecule has 0 aliphatic heterocycles. The number of nitrogens with zero attached hydrogens (tertiary/aromatic N) is 1. The van der Waals surface area contributed by atoms with Gasteiger partial charge in [-0.3, -0.25) is 4.79 Å². The van der Waals surface area contributed by atoms with Crippen LogP contribution in [0.15, 0.2) is 85.1 Å². The molecule has 0 spiro atoms. The van der Waals surface area contributed by atoms with Crippen LogP contribution in [0.5, 0.6) is 0 Å². The van der Waals surface area contributed by atoms with Gasteiger partial charge in [-0.2, -0.15) is 0 Å². The Labute approximate surface area is 170 Å². The molecule has 1 aromatic heterocycles. The Kier molecular flexibility index (Phi) is 5.45. The lowest BCUT2D eigenvalue weighted by Crippen LogP contribution is -2.39. The highest BCUT2D eigenvalue weighted by Gasteiger charge is 2.17. The van der Waals surface area contributed by atoms with Crippen molar-refractivity contribution in [3.8, 4) is 11.1 Å². The minimum Gasteiger partial charge on any atom is -0.394 e. The topological polar surface area (TPSA) is 54.3 Å². The van der Waals surface area contributed by atoms with Crippen LogP contribution in [0.3, 0.4) is 0 Å². The van der Waals surface area contributed by atoms with Crippen molar-refractivity contribution in [2.75, 3.05) is 6.61 Å². The molecule has 1 heterocycles. The summed E-state index contributed by atoms with van der Waals surface area (Å²) in [5.41, 5.74) is 4.90. The van der Waals surface area contributed by atoms with Gasteiger partial charge < -0.3 is 15.0 Å². The minimum absolute atomic E-state index is 0.118. The van der Waals surface area contributed by atoms with Crippen molar-refractivity contribution in [2.45, 2.75) is 12.5 Å². The number of aliphatic hydroxyl groups is 1. The first kappa shape index (κ1) is 19.0. The van der Waals surface area contributed by atoms with E-state index >= 15 is 0 Å². The number of carbonyl (C=O) groups excluding carboxylic acids is 1. The van der Waals surface area contributed by atoms with E-state index in [4.69, 9.17) is 0 Å². The predicted molar refractivity (Wildman–Crippen MR) is 117 cm³/mol. The SMILES string of the molecule is Cn1cc(C[C@H](CO)NC(=O)c2cccc(-c3ccccc3)c2)c2ccccc21. The first-order valence-corrected chi connectivity index (χ1v) is 9.76. The maximum atomic E-state index is 12.8. The maximum absolute atomic E-state index is 12.8. The lowest BCUT2D eigenvalue weighted by molar-refractivity contribution is 0.0916. The molecule has 4 rings (SSSR count). The quantitative estimate of drug-likeness (QED) is 0.524. The molecule has 29 heavy (non-hydrogen) atoms. The van der Waals surface area contributed by atoms with E-state index in [1.165, 1.54) is 0 Å². The van der Waals surface area contributed by atoms with Gasteiger partial charge in [0.15, 0.2) is 0 Å². The summed E-state index contributed by atoms with van der Waals surface area (Å²) in [4.78, 5) is 12.8. The second-order valence-corrected chi connectivity index (χ2v) is 7.29. The Morgan fingerprint density at radius 1 is 0.966 bits per heavy atom. The summed E-state index contributed by atoms with van der Waals surface area (Å²) in [7, 11) is 2.01. The summed E-state index contributed by atoms with van der Waals surface area (Å²) in [6, 6.07) is 25.3. The molecule has 4 nitrogen and oxygen atoms in total. The van der Waals surface area contributed by atoms with Crippen LogP contribution in [0.2, 0.25) is 0 Å². The molecule has 0 saturated carbocycles. The fourth-order valence-electron chi connectivity index (χ4n) is 3.75. The zero-order chi connectivity index (χ0) is 20.2. The number of hydrogen-bond donors (Lipinski definition) is 2. The van der Waals surface area contributed by atoms with Crippen molar-refractivity contribution in [1.82, 2.24) is 9.88 Å². The molecular weight excluding hydrogens is 360 g/mol. The molecule has 0 saturated heterocycles. The van der Waals surface area contributed by atoms with Crippen LogP contribution in [-0.4, -0.2) is 28.2 Å².